The number of aliphatic hydroxyl groups is 1. The number of carbonyl (C=O) groups is 2. The van der Waals surface area contributed by atoms with Crippen molar-refractivity contribution in [2.24, 2.45) is 0 Å². The molecule has 0 aliphatic carbocycles. The predicted molar refractivity (Wildman–Crippen MR) is 102 cm³/mol. The molecule has 1 heterocycles. The fourth-order valence-corrected chi connectivity index (χ4v) is 2.83. The van der Waals surface area contributed by atoms with Crippen LogP contribution in [-0.4, -0.2) is 46.6 Å². The molecule has 0 aliphatic heterocycles. The van der Waals surface area contributed by atoms with Crippen molar-refractivity contribution < 1.29 is 32.6 Å². The lowest BCUT2D eigenvalue weighted by atomic mass is 10.1. The van der Waals surface area contributed by atoms with E-state index in [0.717, 1.165) is 0 Å². The van der Waals surface area contributed by atoms with E-state index in [1.54, 1.807) is 45.0 Å². The number of hydrogen-bond donors (Lipinski definition) is 2. The molecule has 1 aromatic heterocycles. The van der Waals surface area contributed by atoms with Crippen LogP contribution in [0.25, 0.3) is 17.0 Å². The molecule has 0 atom stereocenters. The van der Waals surface area contributed by atoms with Crippen LogP contribution in [0.15, 0.2) is 30.3 Å². The molecule has 0 aliphatic rings. The van der Waals surface area contributed by atoms with Crippen LogP contribution in [0.2, 0.25) is 0 Å². The maximum atomic E-state index is 12.8. The first-order chi connectivity index (χ1) is 13.5. The number of hydrogen-bond acceptors (Lipinski definition) is 4. The second-order valence-corrected chi connectivity index (χ2v) is 7.29. The number of fused-ring (bicyclic) bond motifs is 1. The standard InChI is InChI=1S/C20H23F3N2O4/c1-19(2,3)29-18(28)25-15-8-5-4-7-13(15)14(16(25)9-6-12-26)10-11-24-17(27)20(21,22)23/h4-9,26H,10-12H2,1-3H3,(H,24,27)/b9-6+. The summed E-state index contributed by atoms with van der Waals surface area (Å²) in [6.07, 6.45) is -2.66. The molecular weight excluding hydrogens is 389 g/mol. The third-order valence-corrected chi connectivity index (χ3v) is 3.90. The quantitative estimate of drug-likeness (QED) is 0.786. The minimum absolute atomic E-state index is 0.0449. The third kappa shape index (κ3) is 5.60. The van der Waals surface area contributed by atoms with Gasteiger partial charge in [-0.1, -0.05) is 24.3 Å². The number of carbonyl (C=O) groups excluding carboxylic acids is 2. The molecule has 0 saturated heterocycles. The second-order valence-electron chi connectivity index (χ2n) is 7.29. The summed E-state index contributed by atoms with van der Waals surface area (Å²) in [6.45, 7) is 4.58. The van der Waals surface area contributed by atoms with Gasteiger partial charge in [-0.3, -0.25) is 4.79 Å². The Labute approximate surface area is 165 Å². The van der Waals surface area contributed by atoms with Crippen LogP contribution in [0.1, 0.15) is 32.0 Å². The topological polar surface area (TPSA) is 80.6 Å². The van der Waals surface area contributed by atoms with Crippen LogP contribution < -0.4 is 5.32 Å². The highest BCUT2D eigenvalue weighted by molar-refractivity contribution is 5.96. The van der Waals surface area contributed by atoms with Gasteiger partial charge in [0.05, 0.1) is 17.8 Å². The Morgan fingerprint density at radius 1 is 1.21 bits per heavy atom. The molecule has 0 fully saturated rings. The predicted octanol–water partition coefficient (Wildman–Crippen LogP) is 3.65. The van der Waals surface area contributed by atoms with Crippen molar-refractivity contribution in [3.8, 4) is 0 Å². The van der Waals surface area contributed by atoms with Crippen molar-refractivity contribution in [3.05, 3.63) is 41.6 Å². The summed E-state index contributed by atoms with van der Waals surface area (Å²) in [5, 5.41) is 11.6. The Kier molecular flexibility index (Phi) is 6.73. The molecule has 1 amide bonds. The van der Waals surface area contributed by atoms with E-state index in [-0.39, 0.29) is 19.6 Å². The lowest BCUT2D eigenvalue weighted by molar-refractivity contribution is -0.173. The second kappa shape index (κ2) is 8.69. The van der Waals surface area contributed by atoms with Crippen molar-refractivity contribution in [2.75, 3.05) is 13.2 Å². The van der Waals surface area contributed by atoms with E-state index in [0.29, 0.717) is 22.2 Å². The number of halogens is 3. The smallest absolute Gasteiger partial charge is 0.443 e. The van der Waals surface area contributed by atoms with Crippen molar-refractivity contribution in [1.29, 1.82) is 0 Å². The Balaban J connectivity index is 2.49. The molecule has 0 spiro atoms. The van der Waals surface area contributed by atoms with Crippen LogP contribution in [-0.2, 0) is 16.0 Å². The fourth-order valence-electron chi connectivity index (χ4n) is 2.83. The van der Waals surface area contributed by atoms with E-state index in [9.17, 15) is 22.8 Å². The van der Waals surface area contributed by atoms with Crippen molar-refractivity contribution in [2.45, 2.75) is 39.0 Å². The number of rotatable bonds is 5. The first kappa shape index (κ1) is 22.5. The van der Waals surface area contributed by atoms with E-state index in [1.807, 2.05) is 5.32 Å². The van der Waals surface area contributed by atoms with Gasteiger partial charge in [-0.05, 0) is 44.9 Å². The molecule has 1 aromatic carbocycles. The van der Waals surface area contributed by atoms with Gasteiger partial charge in [-0.25, -0.2) is 9.36 Å². The molecule has 0 unspecified atom stereocenters. The Hall–Kier alpha value is -2.81. The van der Waals surface area contributed by atoms with Gasteiger partial charge in [-0.15, -0.1) is 0 Å². The molecule has 2 aromatic rings. The van der Waals surface area contributed by atoms with Gasteiger partial charge in [0.15, 0.2) is 0 Å². The summed E-state index contributed by atoms with van der Waals surface area (Å²) >= 11 is 0. The van der Waals surface area contributed by atoms with E-state index in [1.165, 1.54) is 16.7 Å². The lowest BCUT2D eigenvalue weighted by Crippen LogP contribution is -2.37. The molecule has 0 radical (unpaired) electrons. The van der Waals surface area contributed by atoms with E-state index in [4.69, 9.17) is 9.84 Å². The SMILES string of the molecule is CC(C)(C)OC(=O)n1c(/C=C/CO)c(CCNC(=O)C(F)(F)F)c2ccccc21. The van der Waals surface area contributed by atoms with Gasteiger partial charge >= 0.3 is 18.2 Å². The Morgan fingerprint density at radius 2 is 1.86 bits per heavy atom. The van der Waals surface area contributed by atoms with Gasteiger partial charge in [0.25, 0.3) is 0 Å². The van der Waals surface area contributed by atoms with Crippen LogP contribution >= 0.6 is 0 Å². The lowest BCUT2D eigenvalue weighted by Gasteiger charge is -2.20. The highest BCUT2D eigenvalue weighted by atomic mass is 19.4. The van der Waals surface area contributed by atoms with Crippen LogP contribution in [0.5, 0.6) is 0 Å². The van der Waals surface area contributed by atoms with Crippen molar-refractivity contribution in [3.63, 3.8) is 0 Å². The Bertz CT molecular complexity index is 924. The molecule has 158 valence electrons. The highest BCUT2D eigenvalue weighted by Crippen LogP contribution is 2.29. The fraction of sp³-hybridized carbons (Fsp3) is 0.400. The average molecular weight is 412 g/mol. The number of benzene rings is 1. The zero-order valence-electron chi connectivity index (χ0n) is 16.3. The van der Waals surface area contributed by atoms with Gasteiger partial charge < -0.3 is 15.2 Å². The number of nitrogens with zero attached hydrogens (tertiary/aromatic N) is 1. The maximum Gasteiger partial charge on any atom is 0.471 e. The molecule has 0 bridgehead atoms. The summed E-state index contributed by atoms with van der Waals surface area (Å²) in [5.74, 6) is -2.03. The molecule has 29 heavy (non-hydrogen) atoms. The molecule has 0 saturated carbocycles. The molecule has 6 nitrogen and oxygen atoms in total. The van der Waals surface area contributed by atoms with E-state index < -0.39 is 23.8 Å². The number of aliphatic hydroxyl groups excluding tert-OH is 1. The minimum atomic E-state index is -4.97. The van der Waals surface area contributed by atoms with Gasteiger partial charge in [0.2, 0.25) is 0 Å². The number of nitrogens with one attached hydrogen (secondary N) is 1. The normalized spacial score (nSPS) is 12.5. The van der Waals surface area contributed by atoms with Gasteiger partial charge in [0, 0.05) is 11.9 Å². The van der Waals surface area contributed by atoms with E-state index in [2.05, 4.69) is 0 Å². The molecular formula is C20H23F3N2O4. The van der Waals surface area contributed by atoms with Gasteiger partial charge in [0.1, 0.15) is 5.60 Å². The monoisotopic (exact) mass is 412 g/mol. The summed E-state index contributed by atoms with van der Waals surface area (Å²) in [5.41, 5.74) is 0.673. The molecule has 2 N–H and O–H groups in total. The van der Waals surface area contributed by atoms with Crippen LogP contribution in [0, 0.1) is 0 Å². The van der Waals surface area contributed by atoms with Gasteiger partial charge in [-0.2, -0.15) is 13.2 Å². The zero-order chi connectivity index (χ0) is 21.8. The summed E-state index contributed by atoms with van der Waals surface area (Å²) < 4.78 is 44.1. The first-order valence-electron chi connectivity index (χ1n) is 8.94. The van der Waals surface area contributed by atoms with Crippen LogP contribution in [0.3, 0.4) is 0 Å². The van der Waals surface area contributed by atoms with E-state index >= 15 is 0 Å². The highest BCUT2D eigenvalue weighted by Gasteiger charge is 2.38. The first-order valence-corrected chi connectivity index (χ1v) is 8.94. The Morgan fingerprint density at radius 3 is 2.45 bits per heavy atom. The number of alkyl halides is 3. The summed E-state index contributed by atoms with van der Waals surface area (Å²) in [7, 11) is 0. The third-order valence-electron chi connectivity index (χ3n) is 3.90. The number of amides is 1. The minimum Gasteiger partial charge on any atom is -0.443 e. The number of aromatic nitrogens is 1. The summed E-state index contributed by atoms with van der Waals surface area (Å²) in [6, 6.07) is 6.87. The number of para-hydroxylation sites is 1. The van der Waals surface area contributed by atoms with Crippen molar-refractivity contribution >= 4 is 29.0 Å². The molecule has 2 rings (SSSR count). The van der Waals surface area contributed by atoms with Crippen LogP contribution in [0.4, 0.5) is 18.0 Å². The average Bonchev–Trinajstić information content (AvgIpc) is 2.91. The largest absolute Gasteiger partial charge is 0.471 e. The zero-order valence-corrected chi connectivity index (χ0v) is 16.3. The molecule has 9 heteroatoms. The maximum absolute atomic E-state index is 12.8. The summed E-state index contributed by atoms with van der Waals surface area (Å²) in [4.78, 5) is 23.9. The number of ether oxygens (including phenoxy) is 1. The van der Waals surface area contributed by atoms with Crippen molar-refractivity contribution in [1.82, 2.24) is 9.88 Å².